The van der Waals surface area contributed by atoms with Gasteiger partial charge < -0.3 is 10.6 Å². The maximum Gasteiger partial charge on any atom is 0.224 e. The van der Waals surface area contributed by atoms with Gasteiger partial charge in [0.05, 0.1) is 0 Å². The molecule has 0 saturated carbocycles. The molecule has 0 aliphatic carbocycles. The van der Waals surface area contributed by atoms with Crippen molar-refractivity contribution in [1.29, 1.82) is 0 Å². The molecule has 22 heavy (non-hydrogen) atoms. The van der Waals surface area contributed by atoms with Crippen LogP contribution < -0.4 is 10.6 Å². The van der Waals surface area contributed by atoms with Crippen molar-refractivity contribution in [2.45, 2.75) is 46.5 Å². The number of aryl methyl sites for hydroxylation is 2. The normalized spacial score (nSPS) is 10.5. The summed E-state index contributed by atoms with van der Waals surface area (Å²) in [6.45, 7) is 7.27. The van der Waals surface area contributed by atoms with Gasteiger partial charge in [-0.25, -0.2) is 4.98 Å². The number of nitrogens with zero attached hydrogens (tertiary/aromatic N) is 2. The van der Waals surface area contributed by atoms with Crippen LogP contribution in [0, 0.1) is 6.92 Å². The van der Waals surface area contributed by atoms with Gasteiger partial charge in [0.15, 0.2) is 0 Å². The van der Waals surface area contributed by atoms with Crippen molar-refractivity contribution in [2.75, 3.05) is 17.2 Å². The minimum Gasteiger partial charge on any atom is -0.354 e. The standard InChI is InChI=1S/C18H26N4/c1-4-6-7-12-19-18-20-14(3)13-17(22-18)21-16-10-8-15(5-2)9-11-16/h8-11,13H,4-7,12H2,1-3H3,(H2,19,20,21,22). The van der Waals surface area contributed by atoms with E-state index >= 15 is 0 Å². The molecule has 0 saturated heterocycles. The summed E-state index contributed by atoms with van der Waals surface area (Å²) in [5.74, 6) is 1.53. The van der Waals surface area contributed by atoms with Crippen molar-refractivity contribution in [3.05, 3.63) is 41.6 Å². The van der Waals surface area contributed by atoms with Crippen LogP contribution in [0.25, 0.3) is 0 Å². The second-order valence-electron chi connectivity index (χ2n) is 5.53. The van der Waals surface area contributed by atoms with Gasteiger partial charge in [0, 0.05) is 24.0 Å². The van der Waals surface area contributed by atoms with Crippen molar-refractivity contribution in [3.63, 3.8) is 0 Å². The first-order valence-electron chi connectivity index (χ1n) is 8.16. The van der Waals surface area contributed by atoms with E-state index in [4.69, 9.17) is 0 Å². The largest absolute Gasteiger partial charge is 0.354 e. The van der Waals surface area contributed by atoms with Gasteiger partial charge in [-0.1, -0.05) is 38.8 Å². The molecule has 0 fully saturated rings. The number of rotatable bonds is 8. The maximum atomic E-state index is 4.54. The summed E-state index contributed by atoms with van der Waals surface area (Å²) in [6, 6.07) is 10.4. The van der Waals surface area contributed by atoms with Gasteiger partial charge in [-0.15, -0.1) is 0 Å². The maximum absolute atomic E-state index is 4.54. The van der Waals surface area contributed by atoms with E-state index < -0.39 is 0 Å². The second-order valence-corrected chi connectivity index (χ2v) is 5.53. The summed E-state index contributed by atoms with van der Waals surface area (Å²) in [7, 11) is 0. The van der Waals surface area contributed by atoms with Crippen LogP contribution in [-0.4, -0.2) is 16.5 Å². The Hall–Kier alpha value is -2.10. The molecule has 0 aliphatic rings. The fourth-order valence-corrected chi connectivity index (χ4v) is 2.26. The molecule has 0 spiro atoms. The molecule has 1 heterocycles. The molecule has 2 rings (SSSR count). The Bertz CT molecular complexity index is 578. The molecule has 4 heteroatoms. The number of hydrogen-bond donors (Lipinski definition) is 2. The number of benzene rings is 1. The van der Waals surface area contributed by atoms with Crippen molar-refractivity contribution in [2.24, 2.45) is 0 Å². The highest BCUT2D eigenvalue weighted by Crippen LogP contribution is 2.17. The smallest absolute Gasteiger partial charge is 0.224 e. The van der Waals surface area contributed by atoms with Crippen LogP contribution in [0.1, 0.15) is 44.4 Å². The molecule has 0 bridgehead atoms. The lowest BCUT2D eigenvalue weighted by Gasteiger charge is -2.10. The summed E-state index contributed by atoms with van der Waals surface area (Å²) in [4.78, 5) is 8.97. The molecule has 0 amide bonds. The van der Waals surface area contributed by atoms with Gasteiger partial charge in [0.2, 0.25) is 5.95 Å². The molecule has 0 unspecified atom stereocenters. The molecule has 1 aromatic heterocycles. The summed E-state index contributed by atoms with van der Waals surface area (Å²) in [6.07, 6.45) is 4.65. The summed E-state index contributed by atoms with van der Waals surface area (Å²) in [5, 5.41) is 6.65. The highest BCUT2D eigenvalue weighted by atomic mass is 15.1. The molecular weight excluding hydrogens is 272 g/mol. The minimum absolute atomic E-state index is 0.698. The van der Waals surface area contributed by atoms with Crippen molar-refractivity contribution >= 4 is 17.5 Å². The zero-order chi connectivity index (χ0) is 15.8. The lowest BCUT2D eigenvalue weighted by molar-refractivity contribution is 0.740. The molecule has 2 N–H and O–H groups in total. The number of hydrogen-bond acceptors (Lipinski definition) is 4. The van der Waals surface area contributed by atoms with E-state index in [0.29, 0.717) is 5.95 Å². The molecule has 118 valence electrons. The average molecular weight is 298 g/mol. The van der Waals surface area contributed by atoms with Crippen LogP contribution in [-0.2, 0) is 6.42 Å². The highest BCUT2D eigenvalue weighted by molar-refractivity contribution is 5.57. The van der Waals surface area contributed by atoms with E-state index in [9.17, 15) is 0 Å². The molecule has 1 aromatic carbocycles. The Morgan fingerprint density at radius 2 is 1.77 bits per heavy atom. The van der Waals surface area contributed by atoms with Crippen LogP contribution in [0.15, 0.2) is 30.3 Å². The third kappa shape index (κ3) is 5.02. The monoisotopic (exact) mass is 298 g/mol. The zero-order valence-corrected chi connectivity index (χ0v) is 13.8. The van der Waals surface area contributed by atoms with Crippen molar-refractivity contribution in [3.8, 4) is 0 Å². The summed E-state index contributed by atoms with van der Waals surface area (Å²) >= 11 is 0. The van der Waals surface area contributed by atoms with Crippen LogP contribution in [0.5, 0.6) is 0 Å². The van der Waals surface area contributed by atoms with Gasteiger partial charge in [0.25, 0.3) is 0 Å². The zero-order valence-electron chi connectivity index (χ0n) is 13.8. The van der Waals surface area contributed by atoms with E-state index in [0.717, 1.165) is 36.6 Å². The number of aromatic nitrogens is 2. The highest BCUT2D eigenvalue weighted by Gasteiger charge is 2.02. The Morgan fingerprint density at radius 1 is 1.00 bits per heavy atom. The predicted molar refractivity (Wildman–Crippen MR) is 93.9 cm³/mol. The Labute approximate surface area is 133 Å². The molecule has 0 aliphatic heterocycles. The number of nitrogens with one attached hydrogen (secondary N) is 2. The minimum atomic E-state index is 0.698. The topological polar surface area (TPSA) is 49.8 Å². The van der Waals surface area contributed by atoms with Gasteiger partial charge >= 0.3 is 0 Å². The second kappa shape index (κ2) is 8.37. The van der Waals surface area contributed by atoms with E-state index in [-0.39, 0.29) is 0 Å². The van der Waals surface area contributed by atoms with E-state index in [1.807, 2.05) is 13.0 Å². The Balaban J connectivity index is 2.01. The van der Waals surface area contributed by atoms with E-state index in [1.54, 1.807) is 0 Å². The first-order chi connectivity index (χ1) is 10.7. The predicted octanol–water partition coefficient (Wildman–Crippen LogP) is 4.69. The van der Waals surface area contributed by atoms with Crippen LogP contribution in [0.2, 0.25) is 0 Å². The summed E-state index contributed by atoms with van der Waals surface area (Å²) < 4.78 is 0. The molecule has 4 nitrogen and oxygen atoms in total. The molecular formula is C18H26N4. The van der Waals surface area contributed by atoms with Gasteiger partial charge in [0.1, 0.15) is 5.82 Å². The van der Waals surface area contributed by atoms with Crippen molar-refractivity contribution < 1.29 is 0 Å². The van der Waals surface area contributed by atoms with Crippen LogP contribution in [0.4, 0.5) is 17.5 Å². The van der Waals surface area contributed by atoms with Gasteiger partial charge in [-0.2, -0.15) is 4.98 Å². The average Bonchev–Trinajstić information content (AvgIpc) is 2.52. The van der Waals surface area contributed by atoms with Crippen molar-refractivity contribution in [1.82, 2.24) is 9.97 Å². The number of anilines is 3. The van der Waals surface area contributed by atoms with Crippen LogP contribution >= 0.6 is 0 Å². The lowest BCUT2D eigenvalue weighted by atomic mass is 10.1. The number of unbranched alkanes of at least 4 members (excludes halogenated alkanes) is 2. The van der Waals surface area contributed by atoms with Gasteiger partial charge in [-0.3, -0.25) is 0 Å². The summed E-state index contributed by atoms with van der Waals surface area (Å²) in [5.41, 5.74) is 3.34. The Morgan fingerprint density at radius 3 is 2.45 bits per heavy atom. The SMILES string of the molecule is CCCCCNc1nc(C)cc(Nc2ccc(CC)cc2)n1. The molecule has 0 radical (unpaired) electrons. The molecule has 0 atom stereocenters. The lowest BCUT2D eigenvalue weighted by Crippen LogP contribution is -2.07. The Kier molecular flexibility index (Phi) is 6.19. The fraction of sp³-hybridized carbons (Fsp3) is 0.444. The molecule has 2 aromatic rings. The van der Waals surface area contributed by atoms with E-state index in [2.05, 4.69) is 58.7 Å². The first kappa shape index (κ1) is 16.3. The van der Waals surface area contributed by atoms with Gasteiger partial charge in [-0.05, 0) is 37.5 Å². The third-order valence-corrected chi connectivity index (χ3v) is 3.55. The van der Waals surface area contributed by atoms with E-state index in [1.165, 1.54) is 18.4 Å². The quantitative estimate of drug-likeness (QED) is 0.694. The third-order valence-electron chi connectivity index (χ3n) is 3.55. The fourth-order valence-electron chi connectivity index (χ4n) is 2.26. The first-order valence-corrected chi connectivity index (χ1v) is 8.16. The van der Waals surface area contributed by atoms with Crippen LogP contribution in [0.3, 0.4) is 0 Å².